The van der Waals surface area contributed by atoms with Gasteiger partial charge in [0.25, 0.3) is 0 Å². The molecule has 1 aromatic carbocycles. The summed E-state index contributed by atoms with van der Waals surface area (Å²) in [6, 6.07) is 1.26. The van der Waals surface area contributed by atoms with Crippen molar-refractivity contribution in [1.82, 2.24) is 4.72 Å². The molecule has 1 aromatic rings. The van der Waals surface area contributed by atoms with E-state index in [1.165, 1.54) is 0 Å². The van der Waals surface area contributed by atoms with E-state index in [0.717, 1.165) is 25.0 Å². The molecule has 0 aliphatic carbocycles. The number of rotatable bonds is 3. The van der Waals surface area contributed by atoms with Crippen LogP contribution < -0.4 is 10.5 Å². The largest absolute Gasteiger partial charge is 0.399 e. The molecule has 2 bridgehead atoms. The number of ether oxygens (including phenoxy) is 1. The van der Waals surface area contributed by atoms with Gasteiger partial charge >= 0.3 is 0 Å². The molecule has 0 amide bonds. The van der Waals surface area contributed by atoms with Gasteiger partial charge in [-0.1, -0.05) is 0 Å². The third-order valence-corrected chi connectivity index (χ3v) is 5.21. The zero-order valence-corrected chi connectivity index (χ0v) is 11.3. The van der Waals surface area contributed by atoms with E-state index in [2.05, 4.69) is 4.72 Å². The van der Waals surface area contributed by atoms with E-state index in [1.54, 1.807) is 0 Å². The van der Waals surface area contributed by atoms with E-state index in [1.807, 2.05) is 0 Å². The molecule has 2 heterocycles. The summed E-state index contributed by atoms with van der Waals surface area (Å²) in [6.45, 7) is 0. The standard InChI is InChI=1S/C12H14F2N2O3S/c13-8-3-6(15)4-11(12(8)14)20(17,18)16-9-5-7-1-2-10(9)19-7/h3-4,7,9-10,16H,1-2,5,15H2. The van der Waals surface area contributed by atoms with E-state index in [-0.39, 0.29) is 17.9 Å². The molecule has 110 valence electrons. The fraction of sp³-hybridized carbons (Fsp3) is 0.500. The Morgan fingerprint density at radius 2 is 2.05 bits per heavy atom. The number of fused-ring (bicyclic) bond motifs is 2. The summed E-state index contributed by atoms with van der Waals surface area (Å²) in [5.74, 6) is -2.70. The maximum Gasteiger partial charge on any atom is 0.244 e. The topological polar surface area (TPSA) is 81.4 Å². The lowest BCUT2D eigenvalue weighted by atomic mass is 9.96. The van der Waals surface area contributed by atoms with E-state index < -0.39 is 32.6 Å². The van der Waals surface area contributed by atoms with E-state index in [4.69, 9.17) is 10.5 Å². The van der Waals surface area contributed by atoms with Crippen LogP contribution in [0.4, 0.5) is 14.5 Å². The number of halogens is 2. The number of hydrogen-bond acceptors (Lipinski definition) is 4. The molecule has 2 fully saturated rings. The summed E-state index contributed by atoms with van der Waals surface area (Å²) in [5.41, 5.74) is 5.23. The van der Waals surface area contributed by atoms with E-state index in [9.17, 15) is 17.2 Å². The van der Waals surface area contributed by atoms with Crippen LogP contribution in [0.2, 0.25) is 0 Å². The highest BCUT2D eigenvalue weighted by Crippen LogP contribution is 2.35. The van der Waals surface area contributed by atoms with Crippen molar-refractivity contribution in [3.63, 3.8) is 0 Å². The molecule has 5 nitrogen and oxygen atoms in total. The highest BCUT2D eigenvalue weighted by Gasteiger charge is 2.43. The number of nitrogens with one attached hydrogen (secondary N) is 1. The Morgan fingerprint density at radius 3 is 2.65 bits per heavy atom. The first-order valence-corrected chi connectivity index (χ1v) is 7.77. The van der Waals surface area contributed by atoms with Gasteiger partial charge in [-0.15, -0.1) is 0 Å². The normalized spacial score (nSPS) is 29.0. The molecule has 0 spiro atoms. The lowest BCUT2D eigenvalue weighted by molar-refractivity contribution is 0.0996. The first kappa shape index (κ1) is 13.7. The van der Waals surface area contributed by atoms with Gasteiger partial charge in [0.2, 0.25) is 10.0 Å². The van der Waals surface area contributed by atoms with Gasteiger partial charge in [0, 0.05) is 5.69 Å². The highest BCUT2D eigenvalue weighted by atomic mass is 32.2. The molecule has 8 heteroatoms. The summed E-state index contributed by atoms with van der Waals surface area (Å²) in [5, 5.41) is 0. The molecule has 2 aliphatic heterocycles. The number of nitrogens with two attached hydrogens (primary N) is 1. The van der Waals surface area contributed by atoms with Gasteiger partial charge in [0.05, 0.1) is 18.2 Å². The summed E-state index contributed by atoms with van der Waals surface area (Å²) in [6.07, 6.45) is 2.09. The first-order chi connectivity index (χ1) is 9.37. The Hall–Kier alpha value is -1.25. The average Bonchev–Trinajstić information content (AvgIpc) is 2.95. The van der Waals surface area contributed by atoms with Crippen LogP contribution in [-0.2, 0) is 14.8 Å². The first-order valence-electron chi connectivity index (χ1n) is 6.29. The molecule has 3 atom stereocenters. The number of sulfonamides is 1. The van der Waals surface area contributed by atoms with Crippen LogP contribution in [0.3, 0.4) is 0 Å². The van der Waals surface area contributed by atoms with Crippen molar-refractivity contribution in [1.29, 1.82) is 0 Å². The van der Waals surface area contributed by atoms with Crippen LogP contribution in [0.15, 0.2) is 17.0 Å². The zero-order valence-electron chi connectivity index (χ0n) is 10.5. The smallest absolute Gasteiger partial charge is 0.244 e. The molecule has 20 heavy (non-hydrogen) atoms. The van der Waals surface area contributed by atoms with Crippen LogP contribution in [0, 0.1) is 11.6 Å². The number of benzene rings is 1. The monoisotopic (exact) mass is 304 g/mol. The van der Waals surface area contributed by atoms with Gasteiger partial charge < -0.3 is 10.5 Å². The molecule has 2 saturated heterocycles. The molecular formula is C12H14F2N2O3S. The fourth-order valence-corrected chi connectivity index (χ4v) is 4.20. The Morgan fingerprint density at radius 1 is 1.30 bits per heavy atom. The van der Waals surface area contributed by atoms with E-state index in [0.29, 0.717) is 6.42 Å². The van der Waals surface area contributed by atoms with Crippen LogP contribution in [0.5, 0.6) is 0 Å². The Labute approximate surface area is 115 Å². The second-order valence-corrected chi connectivity index (χ2v) is 6.83. The third-order valence-electron chi connectivity index (χ3n) is 3.72. The molecule has 3 unspecified atom stereocenters. The quantitative estimate of drug-likeness (QED) is 0.821. The molecule has 3 rings (SSSR count). The Kier molecular flexibility index (Phi) is 3.19. The summed E-state index contributed by atoms with van der Waals surface area (Å²) >= 11 is 0. The fourth-order valence-electron chi connectivity index (χ4n) is 2.80. The van der Waals surface area contributed by atoms with Crippen molar-refractivity contribution in [2.75, 3.05) is 5.73 Å². The summed E-state index contributed by atoms with van der Waals surface area (Å²) < 4.78 is 59.1. The highest BCUT2D eigenvalue weighted by molar-refractivity contribution is 7.89. The van der Waals surface area contributed by atoms with Gasteiger partial charge in [-0.3, -0.25) is 0 Å². The van der Waals surface area contributed by atoms with Gasteiger partial charge in [-0.25, -0.2) is 21.9 Å². The molecule has 0 saturated carbocycles. The van der Waals surface area contributed by atoms with Crippen molar-refractivity contribution in [3.05, 3.63) is 23.8 Å². The summed E-state index contributed by atoms with van der Waals surface area (Å²) in [7, 11) is -4.17. The van der Waals surface area contributed by atoms with Crippen molar-refractivity contribution in [2.24, 2.45) is 0 Å². The lowest BCUT2D eigenvalue weighted by Gasteiger charge is -2.20. The summed E-state index contributed by atoms with van der Waals surface area (Å²) in [4.78, 5) is -0.766. The van der Waals surface area contributed by atoms with Crippen molar-refractivity contribution in [3.8, 4) is 0 Å². The second kappa shape index (κ2) is 4.64. The number of nitrogen functional groups attached to an aromatic ring is 1. The van der Waals surface area contributed by atoms with Crippen LogP contribution >= 0.6 is 0 Å². The molecule has 3 N–H and O–H groups in total. The molecule has 0 aromatic heterocycles. The van der Waals surface area contributed by atoms with Crippen molar-refractivity contribution in [2.45, 2.75) is 42.4 Å². The average molecular weight is 304 g/mol. The molecular weight excluding hydrogens is 290 g/mol. The van der Waals surface area contributed by atoms with Crippen LogP contribution in [0.1, 0.15) is 19.3 Å². The molecule has 2 aliphatic rings. The molecule has 0 radical (unpaired) electrons. The van der Waals surface area contributed by atoms with E-state index >= 15 is 0 Å². The predicted octanol–water partition coefficient (Wildman–Crippen LogP) is 1.15. The second-order valence-electron chi connectivity index (χ2n) is 5.15. The minimum Gasteiger partial charge on any atom is -0.399 e. The van der Waals surface area contributed by atoms with Gasteiger partial charge in [-0.2, -0.15) is 0 Å². The lowest BCUT2D eigenvalue weighted by Crippen LogP contribution is -2.41. The minimum atomic E-state index is -4.17. The van der Waals surface area contributed by atoms with Crippen LogP contribution in [0.25, 0.3) is 0 Å². The van der Waals surface area contributed by atoms with Gasteiger partial charge in [0.15, 0.2) is 11.6 Å². The number of anilines is 1. The van der Waals surface area contributed by atoms with Crippen molar-refractivity contribution < 1.29 is 21.9 Å². The predicted molar refractivity (Wildman–Crippen MR) is 67.4 cm³/mol. The Bertz CT molecular complexity index is 650. The van der Waals surface area contributed by atoms with Gasteiger partial charge in [-0.05, 0) is 31.4 Å². The van der Waals surface area contributed by atoms with Crippen molar-refractivity contribution >= 4 is 15.7 Å². The number of hydrogen-bond donors (Lipinski definition) is 2. The third kappa shape index (κ3) is 2.27. The SMILES string of the molecule is Nc1cc(F)c(F)c(S(=O)(=O)NC2CC3CCC2O3)c1. The van der Waals surface area contributed by atoms with Crippen LogP contribution in [-0.4, -0.2) is 26.7 Å². The minimum absolute atomic E-state index is 0.0510. The Balaban J connectivity index is 1.89. The maximum atomic E-state index is 13.7. The zero-order chi connectivity index (χ0) is 14.5. The van der Waals surface area contributed by atoms with Gasteiger partial charge in [0.1, 0.15) is 4.90 Å². The maximum absolute atomic E-state index is 13.7.